The van der Waals surface area contributed by atoms with Gasteiger partial charge in [-0.15, -0.1) is 0 Å². The number of unbranched alkanes of at least 4 members (excludes halogenated alkanes) is 2. The van der Waals surface area contributed by atoms with Crippen molar-refractivity contribution in [3.63, 3.8) is 0 Å². The van der Waals surface area contributed by atoms with Gasteiger partial charge in [-0.2, -0.15) is 0 Å². The van der Waals surface area contributed by atoms with Gasteiger partial charge in [0.05, 0.1) is 11.4 Å². The number of hydrogen-bond acceptors (Lipinski definition) is 4. The molecule has 0 aromatic heterocycles. The predicted molar refractivity (Wildman–Crippen MR) is 131 cm³/mol. The Labute approximate surface area is 187 Å². The standard InChI is InChI=1S/C26H38N4O/c1-3-5-16-30-17-15-28-24-12-11-23(19-25(24)30)26(31)29-14-7-6-13-27-20-22-10-8-9-21(4-2)18-22/h8-12,18-19,27-28H,3-7,13-17,20H2,1-2H3,(H,29,31). The second-order valence-electron chi connectivity index (χ2n) is 8.31. The van der Waals surface area contributed by atoms with Gasteiger partial charge in [0.2, 0.25) is 0 Å². The highest BCUT2D eigenvalue weighted by Gasteiger charge is 2.18. The molecular weight excluding hydrogens is 384 g/mol. The average Bonchev–Trinajstić information content (AvgIpc) is 2.81. The van der Waals surface area contributed by atoms with E-state index in [2.05, 4.69) is 59.0 Å². The first-order chi connectivity index (χ1) is 15.2. The Kier molecular flexibility index (Phi) is 9.22. The van der Waals surface area contributed by atoms with E-state index >= 15 is 0 Å². The smallest absolute Gasteiger partial charge is 0.251 e. The van der Waals surface area contributed by atoms with Crippen LogP contribution < -0.4 is 20.9 Å². The molecule has 2 aromatic rings. The van der Waals surface area contributed by atoms with E-state index in [0.717, 1.165) is 68.9 Å². The first-order valence-electron chi connectivity index (χ1n) is 11.9. The van der Waals surface area contributed by atoms with Gasteiger partial charge in [-0.1, -0.05) is 44.5 Å². The zero-order valence-electron chi connectivity index (χ0n) is 19.2. The normalized spacial score (nSPS) is 12.9. The van der Waals surface area contributed by atoms with Gasteiger partial charge in [0.15, 0.2) is 0 Å². The number of aryl methyl sites for hydroxylation is 1. The zero-order valence-corrected chi connectivity index (χ0v) is 19.2. The number of hydrogen-bond donors (Lipinski definition) is 3. The molecule has 1 aliphatic rings. The first kappa shape index (κ1) is 23.1. The molecule has 0 saturated carbocycles. The summed E-state index contributed by atoms with van der Waals surface area (Å²) in [7, 11) is 0. The predicted octanol–water partition coefficient (Wildman–Crippen LogP) is 4.58. The molecule has 1 aliphatic heterocycles. The second kappa shape index (κ2) is 12.4. The van der Waals surface area contributed by atoms with Gasteiger partial charge in [-0.3, -0.25) is 4.79 Å². The summed E-state index contributed by atoms with van der Waals surface area (Å²) in [6.45, 7) is 9.97. The maximum atomic E-state index is 12.6. The lowest BCUT2D eigenvalue weighted by molar-refractivity contribution is 0.0953. The summed E-state index contributed by atoms with van der Waals surface area (Å²) >= 11 is 0. The van der Waals surface area contributed by atoms with Crippen molar-refractivity contribution in [2.75, 3.05) is 42.9 Å². The van der Waals surface area contributed by atoms with Crippen LogP contribution in [-0.4, -0.2) is 38.6 Å². The van der Waals surface area contributed by atoms with Gasteiger partial charge in [-0.05, 0) is 61.6 Å². The summed E-state index contributed by atoms with van der Waals surface area (Å²) in [5.41, 5.74) is 5.76. The molecule has 1 heterocycles. The van der Waals surface area contributed by atoms with E-state index in [1.807, 2.05) is 18.2 Å². The minimum absolute atomic E-state index is 0.0214. The average molecular weight is 423 g/mol. The molecular formula is C26H38N4O. The van der Waals surface area contributed by atoms with E-state index in [9.17, 15) is 4.79 Å². The van der Waals surface area contributed by atoms with Gasteiger partial charge in [0, 0.05) is 38.3 Å². The molecule has 168 valence electrons. The van der Waals surface area contributed by atoms with Gasteiger partial charge in [0.1, 0.15) is 0 Å². The third kappa shape index (κ3) is 7.00. The fraction of sp³-hybridized carbons (Fsp3) is 0.500. The van der Waals surface area contributed by atoms with Crippen LogP contribution in [0.15, 0.2) is 42.5 Å². The molecule has 31 heavy (non-hydrogen) atoms. The van der Waals surface area contributed by atoms with Crippen molar-refractivity contribution >= 4 is 17.3 Å². The minimum atomic E-state index is 0.0214. The number of carbonyl (C=O) groups is 1. The van der Waals surface area contributed by atoms with Crippen LogP contribution in [0.25, 0.3) is 0 Å². The van der Waals surface area contributed by atoms with Gasteiger partial charge < -0.3 is 20.9 Å². The summed E-state index contributed by atoms with van der Waals surface area (Å²) in [6.07, 6.45) is 5.45. The summed E-state index contributed by atoms with van der Waals surface area (Å²) in [6, 6.07) is 14.8. The fourth-order valence-corrected chi connectivity index (χ4v) is 3.98. The lowest BCUT2D eigenvalue weighted by atomic mass is 10.1. The Bertz CT molecular complexity index is 836. The van der Waals surface area contributed by atoms with E-state index < -0.39 is 0 Å². The number of nitrogens with zero attached hydrogens (tertiary/aromatic N) is 1. The molecule has 0 saturated heterocycles. The van der Waals surface area contributed by atoms with Crippen molar-refractivity contribution < 1.29 is 4.79 Å². The Morgan fingerprint density at radius 1 is 1.03 bits per heavy atom. The Balaban J connectivity index is 1.38. The Hall–Kier alpha value is -2.53. The molecule has 0 bridgehead atoms. The molecule has 0 atom stereocenters. The largest absolute Gasteiger partial charge is 0.382 e. The van der Waals surface area contributed by atoms with Gasteiger partial charge in [0.25, 0.3) is 5.91 Å². The third-order valence-electron chi connectivity index (χ3n) is 5.87. The van der Waals surface area contributed by atoms with E-state index in [1.54, 1.807) is 0 Å². The molecule has 0 spiro atoms. The molecule has 5 nitrogen and oxygen atoms in total. The summed E-state index contributed by atoms with van der Waals surface area (Å²) in [5.74, 6) is 0.0214. The number of nitrogens with one attached hydrogen (secondary N) is 3. The van der Waals surface area contributed by atoms with Gasteiger partial charge >= 0.3 is 0 Å². The SMILES string of the molecule is CCCCN1CCNc2ccc(C(=O)NCCCCNCc3cccc(CC)c3)cc21. The Morgan fingerprint density at radius 3 is 2.71 bits per heavy atom. The third-order valence-corrected chi connectivity index (χ3v) is 5.87. The number of carbonyl (C=O) groups excluding carboxylic acids is 1. The zero-order chi connectivity index (χ0) is 21.9. The summed E-state index contributed by atoms with van der Waals surface area (Å²) in [4.78, 5) is 15.0. The number of benzene rings is 2. The molecule has 0 unspecified atom stereocenters. The summed E-state index contributed by atoms with van der Waals surface area (Å²) in [5, 5.41) is 10.0. The fourth-order valence-electron chi connectivity index (χ4n) is 3.98. The highest BCUT2D eigenvalue weighted by molar-refractivity contribution is 5.96. The van der Waals surface area contributed by atoms with Crippen molar-refractivity contribution in [1.29, 1.82) is 0 Å². The quantitative estimate of drug-likeness (QED) is 0.438. The number of amides is 1. The highest BCUT2D eigenvalue weighted by atomic mass is 16.1. The second-order valence-corrected chi connectivity index (χ2v) is 8.31. The maximum absolute atomic E-state index is 12.6. The van der Waals surface area contributed by atoms with Gasteiger partial charge in [-0.25, -0.2) is 0 Å². The van der Waals surface area contributed by atoms with Crippen LogP contribution in [-0.2, 0) is 13.0 Å². The van der Waals surface area contributed by atoms with Crippen molar-refractivity contribution in [3.05, 3.63) is 59.2 Å². The van der Waals surface area contributed by atoms with E-state index in [1.165, 1.54) is 24.0 Å². The first-order valence-corrected chi connectivity index (χ1v) is 11.9. The minimum Gasteiger partial charge on any atom is -0.382 e. The lowest BCUT2D eigenvalue weighted by Gasteiger charge is -2.32. The number of anilines is 2. The molecule has 0 fully saturated rings. The van der Waals surface area contributed by atoms with Crippen molar-refractivity contribution in [1.82, 2.24) is 10.6 Å². The van der Waals surface area contributed by atoms with Crippen LogP contribution in [0.4, 0.5) is 11.4 Å². The van der Waals surface area contributed by atoms with Crippen LogP contribution >= 0.6 is 0 Å². The molecule has 0 radical (unpaired) electrons. The van der Waals surface area contributed by atoms with Crippen molar-refractivity contribution in [3.8, 4) is 0 Å². The van der Waals surface area contributed by atoms with Crippen molar-refractivity contribution in [2.24, 2.45) is 0 Å². The summed E-state index contributed by atoms with van der Waals surface area (Å²) < 4.78 is 0. The van der Waals surface area contributed by atoms with Crippen LogP contribution in [0.2, 0.25) is 0 Å². The van der Waals surface area contributed by atoms with E-state index in [0.29, 0.717) is 6.54 Å². The molecule has 3 rings (SSSR count). The highest BCUT2D eigenvalue weighted by Crippen LogP contribution is 2.30. The number of fused-ring (bicyclic) bond motifs is 1. The van der Waals surface area contributed by atoms with Crippen LogP contribution in [0.3, 0.4) is 0 Å². The topological polar surface area (TPSA) is 56.4 Å². The van der Waals surface area contributed by atoms with E-state index in [-0.39, 0.29) is 5.91 Å². The molecule has 3 N–H and O–H groups in total. The van der Waals surface area contributed by atoms with Crippen LogP contribution in [0.1, 0.15) is 61.0 Å². The molecule has 0 aliphatic carbocycles. The monoisotopic (exact) mass is 422 g/mol. The van der Waals surface area contributed by atoms with Crippen LogP contribution in [0.5, 0.6) is 0 Å². The molecule has 5 heteroatoms. The van der Waals surface area contributed by atoms with Crippen LogP contribution in [0, 0.1) is 0 Å². The maximum Gasteiger partial charge on any atom is 0.251 e. The van der Waals surface area contributed by atoms with Crippen molar-refractivity contribution in [2.45, 2.75) is 52.5 Å². The Morgan fingerprint density at radius 2 is 1.87 bits per heavy atom. The number of rotatable bonds is 12. The molecule has 1 amide bonds. The molecule has 2 aromatic carbocycles. The lowest BCUT2D eigenvalue weighted by Crippen LogP contribution is -2.35. The van der Waals surface area contributed by atoms with E-state index in [4.69, 9.17) is 0 Å².